The largest absolute Gasteiger partial charge is 0.447 e. The van der Waals surface area contributed by atoms with Crippen LogP contribution < -0.4 is 15.5 Å². The molecule has 1 fully saturated rings. The molecule has 182 valence electrons. The number of terminal acetylenes is 1. The van der Waals surface area contributed by atoms with Gasteiger partial charge in [0.25, 0.3) is 0 Å². The number of ether oxygens (including phenoxy) is 1. The number of alkyl carbamates (subject to hydrolysis) is 1. The second-order valence-electron chi connectivity index (χ2n) is 8.90. The van der Waals surface area contributed by atoms with Crippen LogP contribution in [0, 0.1) is 12.3 Å². The summed E-state index contributed by atoms with van der Waals surface area (Å²) < 4.78 is 18.1. The molecule has 1 aliphatic carbocycles. The van der Waals surface area contributed by atoms with Gasteiger partial charge in [0.05, 0.1) is 27.6 Å². The molecular formula is C24H27N7O3S. The molecule has 2 N–H and O–H groups in total. The second kappa shape index (κ2) is 9.62. The summed E-state index contributed by atoms with van der Waals surface area (Å²) in [4.78, 5) is 32.8. The van der Waals surface area contributed by atoms with Crippen molar-refractivity contribution >= 4 is 34.2 Å². The van der Waals surface area contributed by atoms with Gasteiger partial charge >= 0.3 is 6.09 Å². The lowest BCUT2D eigenvalue weighted by Gasteiger charge is -2.42. The monoisotopic (exact) mass is 493 g/mol. The van der Waals surface area contributed by atoms with Crippen molar-refractivity contribution in [3.05, 3.63) is 35.6 Å². The molecule has 5 rings (SSSR count). The van der Waals surface area contributed by atoms with Crippen LogP contribution in [0.25, 0.3) is 5.57 Å². The van der Waals surface area contributed by atoms with Gasteiger partial charge in [-0.15, -0.1) is 6.42 Å². The zero-order valence-electron chi connectivity index (χ0n) is 19.5. The molecule has 0 unspecified atom stereocenters. The Hall–Kier alpha value is -3.52. The Morgan fingerprint density at radius 3 is 2.71 bits per heavy atom. The van der Waals surface area contributed by atoms with Gasteiger partial charge in [-0.1, -0.05) is 12.0 Å². The van der Waals surface area contributed by atoms with Crippen LogP contribution in [0.3, 0.4) is 0 Å². The average molecular weight is 494 g/mol. The van der Waals surface area contributed by atoms with Gasteiger partial charge in [-0.05, 0) is 31.3 Å². The quantitative estimate of drug-likeness (QED) is 0.581. The Labute approximate surface area is 206 Å². The van der Waals surface area contributed by atoms with E-state index in [1.54, 1.807) is 12.4 Å². The van der Waals surface area contributed by atoms with E-state index in [2.05, 4.69) is 37.5 Å². The standard InChI is InChI=1S/C24H27N7O3S/c1-3-16-13-26-20(27-14-16)17-5-10-31(11-6-17)22-28-18-7-12-35(33)19(18)21(29-22)30-24(8-4-9-24)15-34-23(32)25-2/h1,5,13-14H,4,6-12,15H2,2H3,(H,25,32)(H,28,29,30)/t35-/m0/s1. The van der Waals surface area contributed by atoms with E-state index in [0.29, 0.717) is 53.3 Å². The lowest BCUT2D eigenvalue weighted by molar-refractivity contribution is 0.0959. The maximum absolute atomic E-state index is 12.8. The number of nitrogens with one attached hydrogen (secondary N) is 2. The number of hydrogen-bond acceptors (Lipinski definition) is 9. The predicted octanol–water partition coefficient (Wildman–Crippen LogP) is 1.90. The van der Waals surface area contributed by atoms with E-state index in [1.807, 2.05) is 0 Å². The third kappa shape index (κ3) is 4.71. The molecule has 0 spiro atoms. The summed E-state index contributed by atoms with van der Waals surface area (Å²) in [6.45, 7) is 1.54. The highest BCUT2D eigenvalue weighted by Gasteiger charge is 2.41. The molecule has 0 radical (unpaired) electrons. The van der Waals surface area contributed by atoms with Gasteiger partial charge in [0.1, 0.15) is 17.3 Å². The second-order valence-corrected chi connectivity index (χ2v) is 10.4. The van der Waals surface area contributed by atoms with Crippen LogP contribution in [-0.2, 0) is 22.0 Å². The van der Waals surface area contributed by atoms with Crippen LogP contribution in [0.15, 0.2) is 23.4 Å². The molecule has 1 amide bonds. The first-order valence-electron chi connectivity index (χ1n) is 11.7. The minimum Gasteiger partial charge on any atom is -0.447 e. The normalized spacial score (nSPS) is 20.2. The Bertz CT molecular complexity index is 1230. The average Bonchev–Trinajstić information content (AvgIpc) is 3.26. The smallest absolute Gasteiger partial charge is 0.406 e. The summed E-state index contributed by atoms with van der Waals surface area (Å²) in [5.41, 5.74) is 2.13. The number of aryl methyl sites for hydroxylation is 1. The Morgan fingerprint density at radius 2 is 2.09 bits per heavy atom. The van der Waals surface area contributed by atoms with Crippen molar-refractivity contribution in [3.63, 3.8) is 0 Å². The van der Waals surface area contributed by atoms with Crippen molar-refractivity contribution in [2.45, 2.75) is 42.5 Å². The van der Waals surface area contributed by atoms with Crippen LogP contribution in [0.2, 0.25) is 0 Å². The topological polar surface area (TPSA) is 122 Å². The first-order chi connectivity index (χ1) is 17.0. The van der Waals surface area contributed by atoms with E-state index in [4.69, 9.17) is 21.1 Å². The van der Waals surface area contributed by atoms with Crippen LogP contribution in [0.1, 0.15) is 42.8 Å². The van der Waals surface area contributed by atoms with Crippen molar-refractivity contribution < 1.29 is 13.7 Å². The van der Waals surface area contributed by atoms with Gasteiger partial charge in [0.15, 0.2) is 5.82 Å². The van der Waals surface area contributed by atoms with E-state index < -0.39 is 22.4 Å². The van der Waals surface area contributed by atoms with E-state index in [-0.39, 0.29) is 6.61 Å². The fourth-order valence-electron chi connectivity index (χ4n) is 4.47. The number of aromatic nitrogens is 4. The fraction of sp³-hybridized carbons (Fsp3) is 0.458. The van der Waals surface area contributed by atoms with E-state index in [1.165, 1.54) is 7.05 Å². The first kappa shape index (κ1) is 23.2. The number of rotatable bonds is 6. The highest BCUT2D eigenvalue weighted by atomic mass is 32.2. The predicted molar refractivity (Wildman–Crippen MR) is 132 cm³/mol. The molecule has 1 saturated carbocycles. The Kier molecular flexibility index (Phi) is 6.38. The molecule has 10 nitrogen and oxygen atoms in total. The lowest BCUT2D eigenvalue weighted by Crippen LogP contribution is -2.50. The van der Waals surface area contributed by atoms with E-state index in [9.17, 15) is 9.00 Å². The van der Waals surface area contributed by atoms with Gasteiger partial charge in [0.2, 0.25) is 5.95 Å². The lowest BCUT2D eigenvalue weighted by atomic mass is 9.77. The SMILES string of the molecule is C#Cc1cnc(C2=CCN(c3nc4c(c(NC5(COC(=O)NC)CCC5)n3)[S@@](=O)CC4)CC2)nc1. The molecule has 0 saturated heterocycles. The number of nitrogens with zero attached hydrogens (tertiary/aromatic N) is 5. The molecule has 11 heteroatoms. The van der Waals surface area contributed by atoms with Crippen molar-refractivity contribution in [1.82, 2.24) is 25.3 Å². The van der Waals surface area contributed by atoms with Gasteiger partial charge in [0, 0.05) is 44.7 Å². The van der Waals surface area contributed by atoms with Gasteiger partial charge in [-0.3, -0.25) is 4.21 Å². The molecule has 35 heavy (non-hydrogen) atoms. The van der Waals surface area contributed by atoms with Crippen LogP contribution in [-0.4, -0.2) is 68.3 Å². The van der Waals surface area contributed by atoms with Crippen molar-refractivity contribution in [2.24, 2.45) is 0 Å². The summed E-state index contributed by atoms with van der Waals surface area (Å²) in [6, 6.07) is 0. The van der Waals surface area contributed by atoms with Crippen LogP contribution in [0.5, 0.6) is 0 Å². The molecular weight excluding hydrogens is 466 g/mol. The number of amides is 1. The van der Waals surface area contributed by atoms with Crippen LogP contribution >= 0.6 is 0 Å². The fourth-order valence-corrected chi connectivity index (χ4v) is 5.77. The van der Waals surface area contributed by atoms with Crippen LogP contribution in [0.4, 0.5) is 16.6 Å². The number of carbonyl (C=O) groups excluding carboxylic acids is 1. The molecule has 2 aromatic heterocycles. The molecule has 1 atom stereocenters. The highest BCUT2D eigenvalue weighted by Crippen LogP contribution is 2.39. The molecule has 3 aliphatic rings. The molecule has 2 aliphatic heterocycles. The Morgan fingerprint density at radius 1 is 1.29 bits per heavy atom. The third-order valence-electron chi connectivity index (χ3n) is 6.65. The van der Waals surface area contributed by atoms with Crippen molar-refractivity contribution in [3.8, 4) is 12.3 Å². The molecule has 2 aromatic rings. The molecule has 4 heterocycles. The Balaban J connectivity index is 1.38. The number of carbonyl (C=O) groups is 1. The van der Waals surface area contributed by atoms with Gasteiger partial charge in [-0.25, -0.2) is 19.7 Å². The minimum atomic E-state index is -1.15. The van der Waals surface area contributed by atoms with Gasteiger partial charge < -0.3 is 20.3 Å². The summed E-state index contributed by atoms with van der Waals surface area (Å²) in [5.74, 6) is 4.94. The molecule has 0 bridgehead atoms. The minimum absolute atomic E-state index is 0.224. The first-order valence-corrected chi connectivity index (χ1v) is 13.0. The van der Waals surface area contributed by atoms with Gasteiger partial charge in [-0.2, -0.15) is 4.98 Å². The van der Waals surface area contributed by atoms with E-state index >= 15 is 0 Å². The highest BCUT2D eigenvalue weighted by molar-refractivity contribution is 7.85. The zero-order valence-corrected chi connectivity index (χ0v) is 20.4. The van der Waals surface area contributed by atoms with Crippen molar-refractivity contribution in [1.29, 1.82) is 0 Å². The number of anilines is 2. The summed E-state index contributed by atoms with van der Waals surface area (Å²) in [5, 5.41) is 5.98. The summed E-state index contributed by atoms with van der Waals surface area (Å²) in [7, 11) is 0.383. The van der Waals surface area contributed by atoms with Crippen molar-refractivity contribution in [2.75, 3.05) is 42.7 Å². The number of fused-ring (bicyclic) bond motifs is 1. The third-order valence-corrected chi connectivity index (χ3v) is 8.11. The summed E-state index contributed by atoms with van der Waals surface area (Å²) in [6.07, 6.45) is 14.4. The maximum atomic E-state index is 12.8. The van der Waals surface area contributed by atoms with E-state index in [0.717, 1.165) is 37.0 Å². The number of hydrogen-bond donors (Lipinski definition) is 2. The maximum Gasteiger partial charge on any atom is 0.406 e. The zero-order chi connectivity index (χ0) is 24.4. The molecule has 0 aromatic carbocycles. The summed E-state index contributed by atoms with van der Waals surface area (Å²) >= 11 is 0.